The van der Waals surface area contributed by atoms with Crippen LogP contribution in [0.1, 0.15) is 90.4 Å². The maximum absolute atomic E-state index is 3.40. The molecule has 1 N–H and O–H groups in total. The van der Waals surface area contributed by atoms with Crippen LogP contribution in [0.2, 0.25) is 0 Å². The Morgan fingerprint density at radius 2 is 1.15 bits per heavy atom. The summed E-state index contributed by atoms with van der Waals surface area (Å²) in [4.78, 5) is 0. The van der Waals surface area contributed by atoms with E-state index in [1.54, 1.807) is 25.7 Å². The van der Waals surface area contributed by atoms with Crippen LogP contribution >= 0.6 is 0 Å². The summed E-state index contributed by atoms with van der Waals surface area (Å²) in [5, 5.41) is 3.40. The van der Waals surface area contributed by atoms with Gasteiger partial charge in [0.05, 0.1) is 0 Å². The Balaban J connectivity index is 0.000000147. The van der Waals surface area contributed by atoms with Gasteiger partial charge in [-0.3, -0.25) is 0 Å². The second-order valence-corrected chi connectivity index (χ2v) is 7.44. The van der Waals surface area contributed by atoms with E-state index in [9.17, 15) is 0 Å². The Morgan fingerprint density at radius 3 is 1.55 bits per heavy atom. The first-order chi connectivity index (χ1) is 9.85. The molecule has 0 aromatic carbocycles. The van der Waals surface area contributed by atoms with Crippen molar-refractivity contribution in [3.8, 4) is 0 Å². The molecule has 118 valence electrons. The molecule has 1 nitrogen and oxygen atoms in total. The van der Waals surface area contributed by atoms with Gasteiger partial charge >= 0.3 is 0 Å². The van der Waals surface area contributed by atoms with Crippen LogP contribution in [-0.2, 0) is 0 Å². The maximum Gasteiger partial charge on any atom is 0.00922 e. The molecule has 3 rings (SSSR count). The molecule has 0 aromatic heterocycles. The van der Waals surface area contributed by atoms with Crippen molar-refractivity contribution in [3.05, 3.63) is 0 Å². The molecule has 20 heavy (non-hydrogen) atoms. The second kappa shape index (κ2) is 9.07. The summed E-state index contributed by atoms with van der Waals surface area (Å²) in [6.07, 6.45) is 19.4. The van der Waals surface area contributed by atoms with Crippen molar-refractivity contribution in [3.63, 3.8) is 0 Å². The molecule has 2 unspecified atom stereocenters. The van der Waals surface area contributed by atoms with E-state index in [0.29, 0.717) is 0 Å². The predicted molar refractivity (Wildman–Crippen MR) is 89.0 cm³/mol. The van der Waals surface area contributed by atoms with Gasteiger partial charge in [-0.05, 0) is 37.6 Å². The van der Waals surface area contributed by atoms with Gasteiger partial charge < -0.3 is 5.32 Å². The van der Waals surface area contributed by atoms with Gasteiger partial charge in [0.25, 0.3) is 0 Å². The SMILES string of the molecule is C1CCC2CCCCC2C1.CCC1CCCCC1NC. The van der Waals surface area contributed by atoms with Gasteiger partial charge in [-0.2, -0.15) is 0 Å². The molecule has 1 heteroatoms. The molecule has 0 radical (unpaired) electrons. The summed E-state index contributed by atoms with van der Waals surface area (Å²) < 4.78 is 0. The third kappa shape index (κ3) is 4.76. The largest absolute Gasteiger partial charge is 0.317 e. The standard InChI is InChI=1S/C10H18.C9H19N/c1-2-6-10-8-4-3-7-9(10)5-1;1-3-8-6-4-5-7-9(8)10-2/h9-10H,1-8H2;8-10H,3-7H2,1-2H3. The molecule has 0 bridgehead atoms. The lowest BCUT2D eigenvalue weighted by atomic mass is 9.71. The van der Waals surface area contributed by atoms with E-state index >= 15 is 0 Å². The van der Waals surface area contributed by atoms with E-state index in [2.05, 4.69) is 19.3 Å². The highest BCUT2D eigenvalue weighted by atomic mass is 14.9. The summed E-state index contributed by atoms with van der Waals surface area (Å²) in [7, 11) is 2.10. The molecule has 0 amide bonds. The maximum atomic E-state index is 3.40. The topological polar surface area (TPSA) is 12.0 Å². The van der Waals surface area contributed by atoms with Crippen molar-refractivity contribution >= 4 is 0 Å². The van der Waals surface area contributed by atoms with Crippen molar-refractivity contribution in [2.75, 3.05) is 7.05 Å². The first-order valence-corrected chi connectivity index (χ1v) is 9.52. The summed E-state index contributed by atoms with van der Waals surface area (Å²) >= 11 is 0. The quantitative estimate of drug-likeness (QED) is 0.699. The van der Waals surface area contributed by atoms with Gasteiger partial charge in [-0.25, -0.2) is 0 Å². The third-order valence-corrected chi connectivity index (χ3v) is 6.27. The van der Waals surface area contributed by atoms with Crippen molar-refractivity contribution < 1.29 is 0 Å². The number of hydrogen-bond donors (Lipinski definition) is 1. The molecule has 3 aliphatic carbocycles. The van der Waals surface area contributed by atoms with E-state index in [4.69, 9.17) is 0 Å². The van der Waals surface area contributed by atoms with Crippen LogP contribution < -0.4 is 5.32 Å². The van der Waals surface area contributed by atoms with Crippen LogP contribution in [0.5, 0.6) is 0 Å². The molecule has 3 saturated carbocycles. The molecule has 2 atom stereocenters. The number of nitrogens with one attached hydrogen (secondary N) is 1. The molecule has 3 fully saturated rings. The molecule has 3 aliphatic rings. The van der Waals surface area contributed by atoms with E-state index in [1.165, 1.54) is 57.8 Å². The summed E-state index contributed by atoms with van der Waals surface area (Å²) in [5.41, 5.74) is 0. The molecule has 0 saturated heterocycles. The lowest BCUT2D eigenvalue weighted by Gasteiger charge is -2.35. The van der Waals surface area contributed by atoms with Crippen LogP contribution in [0, 0.1) is 17.8 Å². The minimum absolute atomic E-state index is 0.818. The fraction of sp³-hybridized carbons (Fsp3) is 1.00. The first kappa shape index (κ1) is 16.3. The highest BCUT2D eigenvalue weighted by Crippen LogP contribution is 2.40. The Kier molecular flexibility index (Phi) is 7.41. The Hall–Kier alpha value is -0.0400. The van der Waals surface area contributed by atoms with Crippen LogP contribution in [0.3, 0.4) is 0 Å². The summed E-state index contributed by atoms with van der Waals surface area (Å²) in [5.74, 6) is 3.27. The van der Waals surface area contributed by atoms with Crippen molar-refractivity contribution in [2.24, 2.45) is 17.8 Å². The molecular weight excluding hydrogens is 242 g/mol. The van der Waals surface area contributed by atoms with Crippen LogP contribution in [0.4, 0.5) is 0 Å². The highest BCUT2D eigenvalue weighted by molar-refractivity contribution is 4.79. The zero-order valence-corrected chi connectivity index (χ0v) is 14.0. The smallest absolute Gasteiger partial charge is 0.00922 e. The highest BCUT2D eigenvalue weighted by Gasteiger charge is 2.26. The first-order valence-electron chi connectivity index (χ1n) is 9.52. The van der Waals surface area contributed by atoms with Gasteiger partial charge in [0.15, 0.2) is 0 Å². The van der Waals surface area contributed by atoms with Gasteiger partial charge in [-0.15, -0.1) is 0 Å². The Morgan fingerprint density at radius 1 is 0.700 bits per heavy atom. The number of fused-ring (bicyclic) bond motifs is 1. The van der Waals surface area contributed by atoms with E-state index in [1.807, 2.05) is 0 Å². The van der Waals surface area contributed by atoms with E-state index in [-0.39, 0.29) is 0 Å². The normalized spacial score (nSPS) is 37.5. The number of rotatable bonds is 2. The monoisotopic (exact) mass is 279 g/mol. The van der Waals surface area contributed by atoms with Gasteiger partial charge in [0, 0.05) is 6.04 Å². The van der Waals surface area contributed by atoms with Crippen LogP contribution in [0.25, 0.3) is 0 Å². The minimum Gasteiger partial charge on any atom is -0.317 e. The van der Waals surface area contributed by atoms with Crippen LogP contribution in [-0.4, -0.2) is 13.1 Å². The summed E-state index contributed by atoms with van der Waals surface area (Å²) in [6, 6.07) is 0.818. The van der Waals surface area contributed by atoms with Gasteiger partial charge in [0.2, 0.25) is 0 Å². The minimum atomic E-state index is 0.818. The van der Waals surface area contributed by atoms with E-state index in [0.717, 1.165) is 23.8 Å². The van der Waals surface area contributed by atoms with Crippen molar-refractivity contribution in [1.29, 1.82) is 0 Å². The zero-order chi connectivity index (χ0) is 14.2. The molecule has 0 heterocycles. The van der Waals surface area contributed by atoms with Crippen molar-refractivity contribution in [2.45, 2.75) is 96.4 Å². The average Bonchev–Trinajstić information content (AvgIpc) is 2.55. The molecule has 0 spiro atoms. The Labute approximate surface area is 127 Å². The second-order valence-electron chi connectivity index (χ2n) is 7.44. The van der Waals surface area contributed by atoms with Crippen LogP contribution in [0.15, 0.2) is 0 Å². The molecular formula is C19H37N. The fourth-order valence-corrected chi connectivity index (χ4v) is 4.93. The summed E-state index contributed by atoms with van der Waals surface area (Å²) in [6.45, 7) is 2.31. The molecule has 0 aliphatic heterocycles. The third-order valence-electron chi connectivity index (χ3n) is 6.27. The predicted octanol–water partition coefficient (Wildman–Crippen LogP) is 5.54. The zero-order valence-electron chi connectivity index (χ0n) is 14.0. The Bertz CT molecular complexity index is 196. The van der Waals surface area contributed by atoms with Gasteiger partial charge in [0.1, 0.15) is 0 Å². The average molecular weight is 280 g/mol. The van der Waals surface area contributed by atoms with Crippen molar-refractivity contribution in [1.82, 2.24) is 5.32 Å². The lowest BCUT2D eigenvalue weighted by Crippen LogP contribution is -2.35. The molecule has 0 aromatic rings. The fourth-order valence-electron chi connectivity index (χ4n) is 4.93. The van der Waals surface area contributed by atoms with E-state index < -0.39 is 0 Å². The lowest BCUT2D eigenvalue weighted by molar-refractivity contribution is 0.171. The van der Waals surface area contributed by atoms with Gasteiger partial charge in [-0.1, -0.05) is 77.6 Å². The number of hydrogen-bond acceptors (Lipinski definition) is 1.